The van der Waals surface area contributed by atoms with Gasteiger partial charge >= 0.3 is 0 Å². The first kappa shape index (κ1) is 12.8. The first-order valence-corrected chi connectivity index (χ1v) is 6.49. The lowest BCUT2D eigenvalue weighted by molar-refractivity contribution is 0.0833. The summed E-state index contributed by atoms with van der Waals surface area (Å²) >= 11 is 0. The van der Waals surface area contributed by atoms with Gasteiger partial charge in [-0.3, -0.25) is 4.79 Å². The highest BCUT2D eigenvalue weighted by molar-refractivity contribution is 6.03. The fourth-order valence-corrected chi connectivity index (χ4v) is 2.06. The number of fused-ring (bicyclic) bond motifs is 1. The quantitative estimate of drug-likeness (QED) is 0.706. The number of Topliss-reactive ketones (excluding diaryl/α,β-unsaturated/α-hetero) is 1. The monoisotopic (exact) mass is 240 g/mol. The topological polar surface area (TPSA) is 17.1 Å². The Balaban J connectivity index is 2.48. The summed E-state index contributed by atoms with van der Waals surface area (Å²) in [4.78, 5) is 12.4. The number of aryl methyl sites for hydroxylation is 1. The van der Waals surface area contributed by atoms with Gasteiger partial charge in [0.25, 0.3) is 0 Å². The Morgan fingerprint density at radius 3 is 2.33 bits per heavy atom. The minimum absolute atomic E-state index is 0.229. The zero-order valence-electron chi connectivity index (χ0n) is 11.6. The molecular weight excluding hydrogens is 220 g/mol. The molecule has 0 spiro atoms. The molecule has 0 saturated carbocycles. The maximum Gasteiger partial charge on any atom is 0.168 e. The molecule has 1 nitrogen and oxygen atoms in total. The molecule has 2 rings (SSSR count). The van der Waals surface area contributed by atoms with Gasteiger partial charge in [0.15, 0.2) is 5.78 Å². The van der Waals surface area contributed by atoms with E-state index in [1.807, 2.05) is 32.0 Å². The van der Waals surface area contributed by atoms with Crippen molar-refractivity contribution in [3.05, 3.63) is 47.5 Å². The summed E-state index contributed by atoms with van der Waals surface area (Å²) in [5, 5.41) is 2.33. The van der Waals surface area contributed by atoms with E-state index in [1.165, 1.54) is 10.9 Å². The molecule has 0 N–H and O–H groups in total. The maximum absolute atomic E-state index is 12.4. The van der Waals surface area contributed by atoms with Gasteiger partial charge in [-0.05, 0) is 30.2 Å². The van der Waals surface area contributed by atoms with Gasteiger partial charge in [-0.2, -0.15) is 0 Å². The average Bonchev–Trinajstić information content (AvgIpc) is 2.37. The van der Waals surface area contributed by atoms with Crippen molar-refractivity contribution in [2.45, 2.75) is 34.1 Å². The summed E-state index contributed by atoms with van der Waals surface area (Å²) in [5.74, 6) is 0.229. The lowest BCUT2D eigenvalue weighted by Crippen LogP contribution is -2.23. The maximum atomic E-state index is 12.4. The van der Waals surface area contributed by atoms with Gasteiger partial charge in [-0.1, -0.05) is 56.7 Å². The molecule has 0 aliphatic carbocycles. The van der Waals surface area contributed by atoms with Gasteiger partial charge in [-0.15, -0.1) is 0 Å². The molecule has 2 aromatic rings. The van der Waals surface area contributed by atoms with Gasteiger partial charge in [0, 0.05) is 11.0 Å². The molecule has 0 unspecified atom stereocenters. The van der Waals surface area contributed by atoms with E-state index in [0.29, 0.717) is 0 Å². The Labute approximate surface area is 109 Å². The minimum Gasteiger partial charge on any atom is -0.294 e. The van der Waals surface area contributed by atoms with Crippen LogP contribution in [0.3, 0.4) is 0 Å². The minimum atomic E-state index is -0.279. The highest BCUT2D eigenvalue weighted by atomic mass is 16.1. The summed E-state index contributed by atoms with van der Waals surface area (Å²) in [6, 6.07) is 12.3. The summed E-state index contributed by atoms with van der Waals surface area (Å²) in [6.07, 6.45) is 0.859. The highest BCUT2D eigenvalue weighted by Crippen LogP contribution is 2.27. The number of ketones is 1. The molecule has 0 aliphatic heterocycles. The number of carbonyl (C=O) groups is 1. The van der Waals surface area contributed by atoms with Crippen LogP contribution < -0.4 is 0 Å². The van der Waals surface area contributed by atoms with E-state index in [1.54, 1.807) is 0 Å². The Hall–Kier alpha value is -1.63. The van der Waals surface area contributed by atoms with Crippen LogP contribution in [-0.4, -0.2) is 5.78 Å². The van der Waals surface area contributed by atoms with Crippen LogP contribution in [0.4, 0.5) is 0 Å². The van der Waals surface area contributed by atoms with Crippen molar-refractivity contribution < 1.29 is 4.79 Å². The third kappa shape index (κ3) is 2.31. The van der Waals surface area contributed by atoms with Crippen LogP contribution in [0.2, 0.25) is 0 Å². The Morgan fingerprint density at radius 1 is 1.06 bits per heavy atom. The molecule has 0 amide bonds. The summed E-state index contributed by atoms with van der Waals surface area (Å²) in [6.45, 7) is 8.16. The molecule has 94 valence electrons. The predicted molar refractivity (Wildman–Crippen MR) is 77.1 cm³/mol. The molecule has 18 heavy (non-hydrogen) atoms. The third-order valence-corrected chi connectivity index (χ3v) is 3.76. The molecule has 0 aliphatic rings. The van der Waals surface area contributed by atoms with E-state index in [2.05, 4.69) is 32.0 Å². The van der Waals surface area contributed by atoms with Crippen molar-refractivity contribution in [2.75, 3.05) is 0 Å². The summed E-state index contributed by atoms with van der Waals surface area (Å²) < 4.78 is 0. The van der Waals surface area contributed by atoms with Gasteiger partial charge in [0.2, 0.25) is 0 Å². The average molecular weight is 240 g/mol. The van der Waals surface area contributed by atoms with E-state index in [9.17, 15) is 4.79 Å². The normalized spacial score (nSPS) is 11.8. The van der Waals surface area contributed by atoms with Crippen LogP contribution in [0.1, 0.15) is 43.1 Å². The van der Waals surface area contributed by atoms with Crippen molar-refractivity contribution in [3.8, 4) is 0 Å². The van der Waals surface area contributed by atoms with E-state index in [4.69, 9.17) is 0 Å². The number of rotatable bonds is 3. The summed E-state index contributed by atoms with van der Waals surface area (Å²) in [5.41, 5.74) is 1.78. The van der Waals surface area contributed by atoms with Gasteiger partial charge < -0.3 is 0 Å². The van der Waals surface area contributed by atoms with Crippen LogP contribution in [-0.2, 0) is 0 Å². The van der Waals surface area contributed by atoms with Crippen LogP contribution in [0, 0.1) is 12.3 Å². The Bertz CT molecular complexity index is 594. The van der Waals surface area contributed by atoms with Crippen LogP contribution >= 0.6 is 0 Å². The molecule has 0 saturated heterocycles. The first-order chi connectivity index (χ1) is 8.44. The zero-order valence-corrected chi connectivity index (χ0v) is 11.6. The van der Waals surface area contributed by atoms with E-state index in [0.717, 1.165) is 17.4 Å². The van der Waals surface area contributed by atoms with Crippen LogP contribution in [0.5, 0.6) is 0 Å². The molecule has 0 atom stereocenters. The molecule has 0 aromatic heterocycles. The Morgan fingerprint density at radius 2 is 1.67 bits per heavy atom. The third-order valence-electron chi connectivity index (χ3n) is 3.76. The van der Waals surface area contributed by atoms with Gasteiger partial charge in [0.05, 0.1) is 0 Å². The lowest BCUT2D eigenvalue weighted by atomic mass is 9.81. The van der Waals surface area contributed by atoms with Gasteiger partial charge in [0.1, 0.15) is 0 Å². The number of benzene rings is 2. The highest BCUT2D eigenvalue weighted by Gasteiger charge is 2.26. The fraction of sp³-hybridized carbons (Fsp3) is 0.353. The van der Waals surface area contributed by atoms with Crippen molar-refractivity contribution in [1.82, 2.24) is 0 Å². The Kier molecular flexibility index (Phi) is 3.25. The second kappa shape index (κ2) is 4.56. The standard InChI is InChI=1S/C17H20O/c1-5-17(3,4)16(18)15-9-8-13-10-12(2)6-7-14(13)11-15/h6-11H,5H2,1-4H3. The number of carbonyl (C=O) groups excluding carboxylic acids is 1. The van der Waals surface area contributed by atoms with E-state index < -0.39 is 0 Å². The zero-order chi connectivity index (χ0) is 13.3. The van der Waals surface area contributed by atoms with Crippen molar-refractivity contribution in [3.63, 3.8) is 0 Å². The second-order valence-electron chi connectivity index (χ2n) is 5.63. The van der Waals surface area contributed by atoms with E-state index in [-0.39, 0.29) is 11.2 Å². The van der Waals surface area contributed by atoms with Crippen LogP contribution in [0.25, 0.3) is 10.8 Å². The smallest absolute Gasteiger partial charge is 0.168 e. The molecule has 0 bridgehead atoms. The number of hydrogen-bond donors (Lipinski definition) is 0. The fourth-order valence-electron chi connectivity index (χ4n) is 2.06. The van der Waals surface area contributed by atoms with Crippen molar-refractivity contribution in [2.24, 2.45) is 5.41 Å². The first-order valence-electron chi connectivity index (χ1n) is 6.49. The molecule has 2 aromatic carbocycles. The van der Waals surface area contributed by atoms with E-state index >= 15 is 0 Å². The lowest BCUT2D eigenvalue weighted by Gasteiger charge is -2.21. The largest absolute Gasteiger partial charge is 0.294 e. The van der Waals surface area contributed by atoms with Gasteiger partial charge in [-0.25, -0.2) is 0 Å². The molecular formula is C17H20O. The molecule has 0 fully saturated rings. The van der Waals surface area contributed by atoms with Crippen molar-refractivity contribution in [1.29, 1.82) is 0 Å². The molecule has 0 heterocycles. The molecule has 0 radical (unpaired) electrons. The molecule has 1 heteroatoms. The predicted octanol–water partition coefficient (Wildman–Crippen LogP) is 4.77. The summed E-state index contributed by atoms with van der Waals surface area (Å²) in [7, 11) is 0. The van der Waals surface area contributed by atoms with Crippen LogP contribution in [0.15, 0.2) is 36.4 Å². The SMILES string of the molecule is CCC(C)(C)C(=O)c1ccc2cc(C)ccc2c1. The number of hydrogen-bond acceptors (Lipinski definition) is 1. The van der Waals surface area contributed by atoms with Crippen molar-refractivity contribution >= 4 is 16.6 Å². The second-order valence-corrected chi connectivity index (χ2v) is 5.63.